The summed E-state index contributed by atoms with van der Waals surface area (Å²) < 4.78 is 5.21. The van der Waals surface area contributed by atoms with Crippen LogP contribution in [0.5, 0.6) is 5.75 Å². The highest BCUT2D eigenvalue weighted by molar-refractivity contribution is 5.99. The van der Waals surface area contributed by atoms with Crippen LogP contribution in [0.15, 0.2) is 66.9 Å². The minimum atomic E-state index is -0.909. The Balaban J connectivity index is 1.25. The van der Waals surface area contributed by atoms with E-state index in [1.165, 1.54) is 11.1 Å². The zero-order valence-corrected chi connectivity index (χ0v) is 19.4. The largest absolute Gasteiger partial charge is 0.497 e. The van der Waals surface area contributed by atoms with Crippen LogP contribution in [0.2, 0.25) is 0 Å². The Bertz CT molecular complexity index is 1170. The van der Waals surface area contributed by atoms with Crippen molar-refractivity contribution in [1.82, 2.24) is 14.8 Å². The molecule has 2 aliphatic heterocycles. The van der Waals surface area contributed by atoms with Crippen LogP contribution in [0.1, 0.15) is 27.9 Å². The first kappa shape index (κ1) is 22.4. The second-order valence-electron chi connectivity index (χ2n) is 9.18. The number of hydrogen-bond donors (Lipinski definition) is 2. The molecule has 1 amide bonds. The van der Waals surface area contributed by atoms with E-state index in [0.29, 0.717) is 37.4 Å². The number of aromatic nitrogens is 1. The molecule has 0 bridgehead atoms. The van der Waals surface area contributed by atoms with E-state index in [1.54, 1.807) is 30.3 Å². The minimum absolute atomic E-state index is 0.121. The number of hydrogen-bond acceptors (Lipinski definition) is 6. The fourth-order valence-electron chi connectivity index (χ4n) is 4.92. The number of carbonyl (C=O) groups is 1. The molecular weight excluding hydrogens is 428 g/mol. The van der Waals surface area contributed by atoms with Crippen molar-refractivity contribution in [2.75, 3.05) is 38.6 Å². The number of aliphatic hydroxyl groups is 1. The lowest BCUT2D eigenvalue weighted by Crippen LogP contribution is -2.47. The SMILES string of the molecule is COc1ccc(Nc2ncccc2C(=O)N2CC[C@@](O)(CN3CCc4ccccc4C3)C2)cc1. The fourth-order valence-corrected chi connectivity index (χ4v) is 4.92. The third-order valence-electron chi connectivity index (χ3n) is 6.74. The highest BCUT2D eigenvalue weighted by atomic mass is 16.5. The summed E-state index contributed by atoms with van der Waals surface area (Å²) in [4.78, 5) is 21.8. The van der Waals surface area contributed by atoms with E-state index in [0.717, 1.165) is 30.9 Å². The molecule has 176 valence electrons. The normalized spacial score (nSPS) is 20.1. The molecule has 5 rings (SSSR count). The van der Waals surface area contributed by atoms with E-state index >= 15 is 0 Å². The predicted octanol–water partition coefficient (Wildman–Crippen LogP) is 3.47. The first-order valence-electron chi connectivity index (χ1n) is 11.7. The van der Waals surface area contributed by atoms with Crippen LogP contribution in [0.25, 0.3) is 0 Å². The topological polar surface area (TPSA) is 77.9 Å². The lowest BCUT2D eigenvalue weighted by molar-refractivity contribution is 0.00806. The molecule has 7 heteroatoms. The number of amides is 1. The third kappa shape index (κ3) is 4.76. The van der Waals surface area contributed by atoms with Gasteiger partial charge in [-0.05, 0) is 60.4 Å². The zero-order valence-electron chi connectivity index (χ0n) is 19.4. The Hall–Kier alpha value is -3.42. The first-order chi connectivity index (χ1) is 16.5. The lowest BCUT2D eigenvalue weighted by atomic mass is 9.97. The first-order valence-corrected chi connectivity index (χ1v) is 11.7. The highest BCUT2D eigenvalue weighted by Gasteiger charge is 2.40. The Morgan fingerprint density at radius 3 is 2.68 bits per heavy atom. The zero-order chi connectivity index (χ0) is 23.5. The van der Waals surface area contributed by atoms with Crippen molar-refractivity contribution in [3.63, 3.8) is 0 Å². The number of rotatable bonds is 6. The third-order valence-corrected chi connectivity index (χ3v) is 6.74. The summed E-state index contributed by atoms with van der Waals surface area (Å²) in [6.07, 6.45) is 3.22. The highest BCUT2D eigenvalue weighted by Crippen LogP contribution is 2.29. The van der Waals surface area contributed by atoms with Crippen molar-refractivity contribution < 1.29 is 14.6 Å². The average molecular weight is 459 g/mol. The molecule has 1 saturated heterocycles. The maximum absolute atomic E-state index is 13.4. The van der Waals surface area contributed by atoms with Crippen molar-refractivity contribution in [1.29, 1.82) is 0 Å². The van der Waals surface area contributed by atoms with Gasteiger partial charge in [0.25, 0.3) is 5.91 Å². The Kier molecular flexibility index (Phi) is 6.22. The van der Waals surface area contributed by atoms with E-state index in [-0.39, 0.29) is 5.91 Å². The van der Waals surface area contributed by atoms with Gasteiger partial charge in [-0.1, -0.05) is 24.3 Å². The molecule has 0 radical (unpaired) electrons. The Morgan fingerprint density at radius 2 is 1.88 bits per heavy atom. The van der Waals surface area contributed by atoms with Gasteiger partial charge in [0, 0.05) is 38.1 Å². The number of fused-ring (bicyclic) bond motifs is 1. The van der Waals surface area contributed by atoms with E-state index in [4.69, 9.17) is 4.74 Å². The number of benzene rings is 2. The van der Waals surface area contributed by atoms with E-state index < -0.39 is 5.60 Å². The molecule has 2 aliphatic rings. The maximum Gasteiger partial charge on any atom is 0.257 e. The van der Waals surface area contributed by atoms with Crippen molar-refractivity contribution in [3.05, 3.63) is 83.6 Å². The molecule has 34 heavy (non-hydrogen) atoms. The summed E-state index contributed by atoms with van der Waals surface area (Å²) >= 11 is 0. The molecule has 1 aromatic heterocycles. The fraction of sp³-hybridized carbons (Fsp3) is 0.333. The Labute approximate surface area is 200 Å². The van der Waals surface area contributed by atoms with Gasteiger partial charge >= 0.3 is 0 Å². The number of carbonyl (C=O) groups excluding carboxylic acids is 1. The number of nitrogens with zero attached hydrogens (tertiary/aromatic N) is 3. The maximum atomic E-state index is 13.4. The van der Waals surface area contributed by atoms with Crippen molar-refractivity contribution in [2.45, 2.75) is 25.0 Å². The van der Waals surface area contributed by atoms with Gasteiger partial charge < -0.3 is 20.1 Å². The number of nitrogens with one attached hydrogen (secondary N) is 1. The molecule has 1 atom stereocenters. The van der Waals surface area contributed by atoms with E-state index in [2.05, 4.69) is 39.5 Å². The van der Waals surface area contributed by atoms with Crippen LogP contribution in [0.3, 0.4) is 0 Å². The van der Waals surface area contributed by atoms with E-state index in [1.807, 2.05) is 24.3 Å². The molecular formula is C27H30N4O3. The van der Waals surface area contributed by atoms with Crippen LogP contribution < -0.4 is 10.1 Å². The molecule has 7 nitrogen and oxygen atoms in total. The predicted molar refractivity (Wildman–Crippen MR) is 131 cm³/mol. The second-order valence-corrected chi connectivity index (χ2v) is 9.18. The molecule has 1 fully saturated rings. The molecule has 0 aliphatic carbocycles. The standard InChI is InChI=1S/C27H30N4O3/c1-34-23-10-8-22(9-11-23)29-25-24(7-4-14-28-25)26(32)31-16-13-27(33,19-31)18-30-15-12-20-5-2-3-6-21(20)17-30/h2-11,14,33H,12-13,15-19H2,1H3,(H,28,29)/t27-/m1/s1. The summed E-state index contributed by atoms with van der Waals surface area (Å²) in [5, 5.41) is 14.6. The van der Waals surface area contributed by atoms with Gasteiger partial charge in [-0.2, -0.15) is 0 Å². The number of pyridine rings is 1. The van der Waals surface area contributed by atoms with E-state index in [9.17, 15) is 9.90 Å². The molecule has 0 saturated carbocycles. The van der Waals surface area contributed by atoms with Crippen molar-refractivity contribution in [3.8, 4) is 5.75 Å². The Morgan fingerprint density at radius 1 is 1.09 bits per heavy atom. The quantitative estimate of drug-likeness (QED) is 0.589. The monoisotopic (exact) mass is 458 g/mol. The summed E-state index contributed by atoms with van der Waals surface area (Å²) in [5.74, 6) is 1.14. The molecule has 3 aromatic rings. The van der Waals surface area contributed by atoms with Gasteiger partial charge in [-0.25, -0.2) is 4.98 Å². The number of methoxy groups -OCH3 is 1. The molecule has 3 heterocycles. The lowest BCUT2D eigenvalue weighted by Gasteiger charge is -2.34. The summed E-state index contributed by atoms with van der Waals surface area (Å²) in [6.45, 7) is 3.17. The van der Waals surface area contributed by atoms with Gasteiger partial charge in [0.15, 0.2) is 0 Å². The van der Waals surface area contributed by atoms with Gasteiger partial charge in [-0.3, -0.25) is 9.69 Å². The number of ether oxygens (including phenoxy) is 1. The van der Waals surface area contributed by atoms with Crippen LogP contribution in [-0.4, -0.2) is 64.7 Å². The van der Waals surface area contributed by atoms with Gasteiger partial charge in [0.1, 0.15) is 11.6 Å². The summed E-state index contributed by atoms with van der Waals surface area (Å²) in [7, 11) is 1.62. The minimum Gasteiger partial charge on any atom is -0.497 e. The van der Waals surface area contributed by atoms with Crippen molar-refractivity contribution in [2.24, 2.45) is 0 Å². The number of likely N-dealkylation sites (tertiary alicyclic amines) is 1. The molecule has 0 unspecified atom stereocenters. The summed E-state index contributed by atoms with van der Waals surface area (Å²) in [6, 6.07) is 19.5. The second kappa shape index (κ2) is 9.44. The molecule has 2 aromatic carbocycles. The van der Waals surface area contributed by atoms with Crippen LogP contribution in [-0.2, 0) is 13.0 Å². The average Bonchev–Trinajstić information content (AvgIpc) is 3.26. The van der Waals surface area contributed by atoms with Gasteiger partial charge in [0.2, 0.25) is 0 Å². The molecule has 0 spiro atoms. The summed E-state index contributed by atoms with van der Waals surface area (Å²) in [5.41, 5.74) is 3.12. The van der Waals surface area contributed by atoms with Crippen molar-refractivity contribution >= 4 is 17.4 Å². The number of β-amino-alcohol motifs (C(OH)–C–C–N with tert-alkyl or cyclic N) is 1. The van der Waals surface area contributed by atoms with Crippen LogP contribution in [0, 0.1) is 0 Å². The van der Waals surface area contributed by atoms with Gasteiger partial charge in [-0.15, -0.1) is 0 Å². The smallest absolute Gasteiger partial charge is 0.257 e. The van der Waals surface area contributed by atoms with Gasteiger partial charge in [0.05, 0.1) is 24.8 Å². The van der Waals surface area contributed by atoms with Crippen LogP contribution >= 0.6 is 0 Å². The van der Waals surface area contributed by atoms with Crippen LogP contribution in [0.4, 0.5) is 11.5 Å². The molecule has 2 N–H and O–H groups in total. The number of anilines is 2.